The molecule has 1 aromatic heterocycles. The lowest BCUT2D eigenvalue weighted by Gasteiger charge is -2.39. The lowest BCUT2D eigenvalue weighted by atomic mass is 9.67. The molecule has 5 heteroatoms. The van der Waals surface area contributed by atoms with Crippen molar-refractivity contribution in [3.63, 3.8) is 0 Å². The second kappa shape index (κ2) is 12.0. The number of hydrogen-bond donors (Lipinski definition) is 2. The molecule has 0 saturated heterocycles. The highest BCUT2D eigenvalue weighted by atomic mass is 16.5. The van der Waals surface area contributed by atoms with Gasteiger partial charge < -0.3 is 15.2 Å². The first kappa shape index (κ1) is 28.0. The fourth-order valence-electron chi connectivity index (χ4n) is 7.20. The van der Waals surface area contributed by atoms with E-state index >= 15 is 0 Å². The number of pyridine rings is 1. The van der Waals surface area contributed by atoms with Crippen molar-refractivity contribution < 1.29 is 14.6 Å². The maximum Gasteiger partial charge on any atom is 0.230 e. The highest BCUT2D eigenvalue weighted by molar-refractivity contribution is 5.89. The van der Waals surface area contributed by atoms with E-state index in [0.29, 0.717) is 43.4 Å². The van der Waals surface area contributed by atoms with E-state index in [1.807, 2.05) is 6.20 Å². The molecule has 1 amide bonds. The van der Waals surface area contributed by atoms with Gasteiger partial charge in [0.1, 0.15) is 5.75 Å². The van der Waals surface area contributed by atoms with Gasteiger partial charge in [-0.25, -0.2) is 0 Å². The normalized spacial score (nSPS) is 26.4. The summed E-state index contributed by atoms with van der Waals surface area (Å²) in [4.78, 5) is 18.7. The monoisotopic (exact) mass is 552 g/mol. The second-order valence-electron chi connectivity index (χ2n) is 12.8. The summed E-state index contributed by atoms with van der Waals surface area (Å²) in [6, 6.07) is 19.4. The van der Waals surface area contributed by atoms with E-state index in [1.165, 1.54) is 29.7 Å². The average Bonchev–Trinajstić information content (AvgIpc) is 3.87. The number of aliphatic hydroxyl groups excluding tert-OH is 1. The third kappa shape index (κ3) is 6.06. The molecule has 2 aromatic carbocycles. The molecule has 6 rings (SSSR count). The van der Waals surface area contributed by atoms with Gasteiger partial charge in [-0.2, -0.15) is 0 Å². The Morgan fingerprint density at radius 1 is 0.927 bits per heavy atom. The zero-order valence-electron chi connectivity index (χ0n) is 24.6. The molecule has 0 aliphatic heterocycles. The maximum atomic E-state index is 14.0. The molecule has 41 heavy (non-hydrogen) atoms. The molecule has 216 valence electrons. The van der Waals surface area contributed by atoms with E-state index in [2.05, 4.69) is 66.8 Å². The van der Waals surface area contributed by atoms with Crippen LogP contribution in [0.15, 0.2) is 60.8 Å². The summed E-state index contributed by atoms with van der Waals surface area (Å²) in [6.07, 6.45) is 11.4. The molecule has 0 spiro atoms. The van der Waals surface area contributed by atoms with Crippen LogP contribution in [0.3, 0.4) is 0 Å². The number of amides is 1. The van der Waals surface area contributed by atoms with Crippen molar-refractivity contribution in [2.45, 2.75) is 94.5 Å². The minimum absolute atomic E-state index is 0.122. The van der Waals surface area contributed by atoms with Crippen molar-refractivity contribution in [1.82, 2.24) is 10.3 Å². The van der Waals surface area contributed by atoms with Crippen molar-refractivity contribution >= 4 is 5.91 Å². The number of methoxy groups -OCH3 is 1. The number of rotatable bonds is 8. The molecule has 0 atom stereocenters. The number of ether oxygens (including phenoxy) is 1. The number of aryl methyl sites for hydroxylation is 1. The first-order valence-corrected chi connectivity index (χ1v) is 15.6. The number of aromatic nitrogens is 1. The first-order chi connectivity index (χ1) is 19.9. The summed E-state index contributed by atoms with van der Waals surface area (Å²) in [7, 11) is 1.72. The molecule has 2 N–H and O–H groups in total. The second-order valence-corrected chi connectivity index (χ2v) is 12.8. The zero-order valence-corrected chi connectivity index (χ0v) is 24.6. The molecule has 0 unspecified atom stereocenters. The van der Waals surface area contributed by atoms with Gasteiger partial charge in [-0.1, -0.05) is 42.5 Å². The standard InChI is InChI=1S/C36H44N2O3/c1-24-20-29(13-15-34(24)41-2)26-8-6-25(7-9-26)22-38-35(40)36(18-16-32(39)17-19-36)31-5-3-4-28(21-31)30-12-14-33(37-23-30)27-10-11-27/h3-5,12-15,20-21,23,25-27,32,39H,6-11,16-19,22H2,1-2H3,(H,38,40). The van der Waals surface area contributed by atoms with Gasteiger partial charge in [0.05, 0.1) is 18.6 Å². The Labute approximate surface area is 244 Å². The third-order valence-corrected chi connectivity index (χ3v) is 10.1. The molecule has 5 nitrogen and oxygen atoms in total. The smallest absolute Gasteiger partial charge is 0.230 e. The van der Waals surface area contributed by atoms with Gasteiger partial charge in [-0.15, -0.1) is 0 Å². The van der Waals surface area contributed by atoms with Gasteiger partial charge in [0.25, 0.3) is 0 Å². The van der Waals surface area contributed by atoms with Gasteiger partial charge in [-0.3, -0.25) is 9.78 Å². The Balaban J connectivity index is 1.12. The van der Waals surface area contributed by atoms with E-state index in [0.717, 1.165) is 54.7 Å². The number of hydrogen-bond acceptors (Lipinski definition) is 4. The Kier molecular flexibility index (Phi) is 8.16. The SMILES string of the molecule is COc1ccc(C2CCC(CNC(=O)C3(c4cccc(-c5ccc(C6CC6)nc5)c4)CCC(O)CC3)CC2)cc1C. The van der Waals surface area contributed by atoms with Crippen LogP contribution in [0.25, 0.3) is 11.1 Å². The quantitative estimate of drug-likeness (QED) is 0.310. The Bertz CT molecular complexity index is 1350. The Morgan fingerprint density at radius 3 is 2.34 bits per heavy atom. The summed E-state index contributed by atoms with van der Waals surface area (Å²) in [5.74, 6) is 2.79. The highest BCUT2D eigenvalue weighted by Crippen LogP contribution is 2.43. The van der Waals surface area contributed by atoms with Crippen molar-refractivity contribution in [2.75, 3.05) is 13.7 Å². The molecular formula is C36H44N2O3. The average molecular weight is 553 g/mol. The predicted octanol–water partition coefficient (Wildman–Crippen LogP) is 7.21. The van der Waals surface area contributed by atoms with Crippen LogP contribution < -0.4 is 10.1 Å². The molecule has 0 radical (unpaired) electrons. The van der Waals surface area contributed by atoms with Gasteiger partial charge in [0.2, 0.25) is 5.91 Å². The highest BCUT2D eigenvalue weighted by Gasteiger charge is 2.43. The largest absolute Gasteiger partial charge is 0.496 e. The van der Waals surface area contributed by atoms with Crippen LogP contribution in [0.5, 0.6) is 5.75 Å². The molecule has 3 aliphatic carbocycles. The van der Waals surface area contributed by atoms with Crippen molar-refractivity contribution in [3.8, 4) is 16.9 Å². The number of benzene rings is 2. The summed E-state index contributed by atoms with van der Waals surface area (Å²) < 4.78 is 5.44. The van der Waals surface area contributed by atoms with E-state index in [9.17, 15) is 9.90 Å². The minimum atomic E-state index is -0.603. The van der Waals surface area contributed by atoms with E-state index in [-0.39, 0.29) is 12.0 Å². The van der Waals surface area contributed by atoms with E-state index in [1.54, 1.807) is 7.11 Å². The predicted molar refractivity (Wildman–Crippen MR) is 163 cm³/mol. The van der Waals surface area contributed by atoms with E-state index in [4.69, 9.17) is 9.72 Å². The van der Waals surface area contributed by atoms with Crippen LogP contribution >= 0.6 is 0 Å². The summed E-state index contributed by atoms with van der Waals surface area (Å²) in [5.41, 5.74) is 6.43. The van der Waals surface area contributed by atoms with Crippen LogP contribution in [0.2, 0.25) is 0 Å². The zero-order chi connectivity index (χ0) is 28.4. The topological polar surface area (TPSA) is 71.5 Å². The third-order valence-electron chi connectivity index (χ3n) is 10.1. The van der Waals surface area contributed by atoms with E-state index < -0.39 is 5.41 Å². The first-order valence-electron chi connectivity index (χ1n) is 15.6. The van der Waals surface area contributed by atoms with Crippen molar-refractivity contribution in [3.05, 3.63) is 83.2 Å². The molecule has 3 fully saturated rings. The van der Waals surface area contributed by atoms with Crippen LogP contribution in [0.4, 0.5) is 0 Å². The Morgan fingerprint density at radius 2 is 1.68 bits per heavy atom. The molecule has 3 saturated carbocycles. The van der Waals surface area contributed by atoms with Gasteiger partial charge >= 0.3 is 0 Å². The molecule has 3 aromatic rings. The molecule has 3 aliphatic rings. The number of aliphatic hydroxyl groups is 1. The number of carbonyl (C=O) groups excluding carboxylic acids is 1. The maximum absolute atomic E-state index is 14.0. The lowest BCUT2D eigenvalue weighted by Crippen LogP contribution is -2.48. The van der Waals surface area contributed by atoms with Gasteiger partial charge in [0.15, 0.2) is 0 Å². The Hall–Kier alpha value is -3.18. The fourth-order valence-corrected chi connectivity index (χ4v) is 7.20. The lowest BCUT2D eigenvalue weighted by molar-refractivity contribution is -0.129. The summed E-state index contributed by atoms with van der Waals surface area (Å²) in [5, 5.41) is 13.7. The summed E-state index contributed by atoms with van der Waals surface area (Å²) in [6.45, 7) is 2.84. The van der Waals surface area contributed by atoms with Gasteiger partial charge in [0, 0.05) is 29.9 Å². The summed E-state index contributed by atoms with van der Waals surface area (Å²) >= 11 is 0. The van der Waals surface area contributed by atoms with Gasteiger partial charge in [-0.05, 0) is 117 Å². The minimum Gasteiger partial charge on any atom is -0.496 e. The fraction of sp³-hybridized carbons (Fsp3) is 0.500. The van der Waals surface area contributed by atoms with Crippen LogP contribution in [0.1, 0.15) is 98.4 Å². The molecular weight excluding hydrogens is 508 g/mol. The van der Waals surface area contributed by atoms with Crippen molar-refractivity contribution in [1.29, 1.82) is 0 Å². The van der Waals surface area contributed by atoms with Crippen LogP contribution in [0, 0.1) is 12.8 Å². The van der Waals surface area contributed by atoms with Crippen molar-refractivity contribution in [2.24, 2.45) is 5.92 Å². The molecule has 1 heterocycles. The number of carbonyl (C=O) groups is 1. The number of nitrogens with zero attached hydrogens (tertiary/aromatic N) is 1. The van der Waals surface area contributed by atoms with Crippen LogP contribution in [-0.4, -0.2) is 35.8 Å². The molecule has 0 bridgehead atoms. The number of nitrogens with one attached hydrogen (secondary N) is 1. The van der Waals surface area contributed by atoms with Crippen LogP contribution in [-0.2, 0) is 10.2 Å².